The molecule has 1 aromatic heterocycles. The first-order valence-electron chi connectivity index (χ1n) is 6.15. The van der Waals surface area contributed by atoms with Gasteiger partial charge in [0.05, 0.1) is 0 Å². The molecule has 0 amide bonds. The first-order chi connectivity index (χ1) is 7.54. The summed E-state index contributed by atoms with van der Waals surface area (Å²) in [5, 5.41) is 3.39. The smallest absolute Gasteiger partial charge is 0.130 e. The summed E-state index contributed by atoms with van der Waals surface area (Å²) in [5.41, 5.74) is 1.26. The molecule has 2 rings (SSSR count). The minimum Gasteiger partial charge on any atom is -0.365 e. The van der Waals surface area contributed by atoms with Gasteiger partial charge < -0.3 is 5.32 Å². The molecular weight excluding hydrogens is 198 g/mol. The van der Waals surface area contributed by atoms with Gasteiger partial charge in [0.25, 0.3) is 0 Å². The SMILES string of the molecule is CC(C)(C)Nc1cc(C2CCCC2)ncn1. The fraction of sp³-hybridized carbons (Fsp3) is 0.692. The highest BCUT2D eigenvalue weighted by molar-refractivity contribution is 5.38. The Labute approximate surface area is 97.7 Å². The van der Waals surface area contributed by atoms with Crippen LogP contribution in [0.4, 0.5) is 5.82 Å². The molecule has 0 bridgehead atoms. The zero-order valence-electron chi connectivity index (χ0n) is 10.5. The van der Waals surface area contributed by atoms with Gasteiger partial charge in [0.15, 0.2) is 0 Å². The van der Waals surface area contributed by atoms with Gasteiger partial charge in [-0.25, -0.2) is 9.97 Å². The predicted molar refractivity (Wildman–Crippen MR) is 66.6 cm³/mol. The number of rotatable bonds is 2. The Morgan fingerprint density at radius 2 is 1.88 bits per heavy atom. The summed E-state index contributed by atoms with van der Waals surface area (Å²) in [6.45, 7) is 6.43. The third kappa shape index (κ3) is 2.94. The van der Waals surface area contributed by atoms with Crippen LogP contribution in [0.3, 0.4) is 0 Å². The molecule has 0 atom stereocenters. The summed E-state index contributed by atoms with van der Waals surface area (Å²) >= 11 is 0. The van der Waals surface area contributed by atoms with E-state index in [9.17, 15) is 0 Å². The van der Waals surface area contributed by atoms with E-state index in [4.69, 9.17) is 0 Å². The van der Waals surface area contributed by atoms with Crippen molar-refractivity contribution in [1.29, 1.82) is 0 Å². The molecule has 0 spiro atoms. The second kappa shape index (κ2) is 4.40. The summed E-state index contributed by atoms with van der Waals surface area (Å²) in [4.78, 5) is 8.67. The number of nitrogens with one attached hydrogen (secondary N) is 1. The van der Waals surface area contributed by atoms with Crippen molar-refractivity contribution in [2.45, 2.75) is 57.9 Å². The average molecular weight is 219 g/mol. The van der Waals surface area contributed by atoms with E-state index in [1.54, 1.807) is 6.33 Å². The van der Waals surface area contributed by atoms with Gasteiger partial charge in [-0.3, -0.25) is 0 Å². The third-order valence-electron chi connectivity index (χ3n) is 2.96. The Bertz CT molecular complexity index is 348. The quantitative estimate of drug-likeness (QED) is 0.829. The molecule has 1 aromatic rings. The third-order valence-corrected chi connectivity index (χ3v) is 2.96. The van der Waals surface area contributed by atoms with Gasteiger partial charge in [-0.2, -0.15) is 0 Å². The molecule has 0 saturated heterocycles. The van der Waals surface area contributed by atoms with E-state index < -0.39 is 0 Å². The molecule has 1 saturated carbocycles. The molecule has 0 aromatic carbocycles. The van der Waals surface area contributed by atoms with Crippen molar-refractivity contribution in [1.82, 2.24) is 9.97 Å². The molecule has 0 radical (unpaired) electrons. The lowest BCUT2D eigenvalue weighted by atomic mass is 10.0. The van der Waals surface area contributed by atoms with E-state index in [2.05, 4.69) is 42.1 Å². The molecular formula is C13H21N3. The Balaban J connectivity index is 2.12. The van der Waals surface area contributed by atoms with Crippen LogP contribution in [0.2, 0.25) is 0 Å². The minimum absolute atomic E-state index is 0.0568. The van der Waals surface area contributed by atoms with Crippen LogP contribution in [0, 0.1) is 0 Å². The summed E-state index contributed by atoms with van der Waals surface area (Å²) in [6.07, 6.45) is 6.94. The monoisotopic (exact) mass is 219 g/mol. The van der Waals surface area contributed by atoms with Gasteiger partial charge in [0.2, 0.25) is 0 Å². The highest BCUT2D eigenvalue weighted by Gasteiger charge is 2.19. The molecule has 1 fully saturated rings. The average Bonchev–Trinajstić information content (AvgIpc) is 2.68. The zero-order valence-corrected chi connectivity index (χ0v) is 10.5. The van der Waals surface area contributed by atoms with E-state index in [0.717, 1.165) is 5.82 Å². The first-order valence-corrected chi connectivity index (χ1v) is 6.15. The van der Waals surface area contributed by atoms with Crippen LogP contribution in [0.15, 0.2) is 12.4 Å². The van der Waals surface area contributed by atoms with Gasteiger partial charge in [-0.1, -0.05) is 12.8 Å². The molecule has 0 unspecified atom stereocenters. The normalized spacial score (nSPS) is 17.7. The molecule has 1 aliphatic rings. The maximum atomic E-state index is 4.40. The van der Waals surface area contributed by atoms with Crippen LogP contribution in [0.1, 0.15) is 58.1 Å². The highest BCUT2D eigenvalue weighted by atomic mass is 15.1. The van der Waals surface area contributed by atoms with Crippen LogP contribution < -0.4 is 5.32 Å². The largest absolute Gasteiger partial charge is 0.365 e. The second-order valence-electron chi connectivity index (χ2n) is 5.68. The van der Waals surface area contributed by atoms with E-state index >= 15 is 0 Å². The van der Waals surface area contributed by atoms with Gasteiger partial charge >= 0.3 is 0 Å². The fourth-order valence-electron chi connectivity index (χ4n) is 2.27. The van der Waals surface area contributed by atoms with Crippen LogP contribution in [-0.2, 0) is 0 Å². The molecule has 1 heterocycles. The molecule has 3 nitrogen and oxygen atoms in total. The zero-order chi connectivity index (χ0) is 11.6. The van der Waals surface area contributed by atoms with E-state index in [0.29, 0.717) is 5.92 Å². The molecule has 1 N–H and O–H groups in total. The number of aromatic nitrogens is 2. The second-order valence-corrected chi connectivity index (χ2v) is 5.68. The lowest BCUT2D eigenvalue weighted by molar-refractivity contribution is 0.627. The maximum absolute atomic E-state index is 4.40. The van der Waals surface area contributed by atoms with Crippen molar-refractivity contribution in [3.63, 3.8) is 0 Å². The molecule has 1 aliphatic carbocycles. The van der Waals surface area contributed by atoms with E-state index in [-0.39, 0.29) is 5.54 Å². The Morgan fingerprint density at radius 1 is 1.19 bits per heavy atom. The van der Waals surface area contributed by atoms with Crippen molar-refractivity contribution in [2.75, 3.05) is 5.32 Å². The van der Waals surface area contributed by atoms with Crippen molar-refractivity contribution in [3.05, 3.63) is 18.1 Å². The van der Waals surface area contributed by atoms with Gasteiger partial charge in [0.1, 0.15) is 12.1 Å². The first kappa shape index (κ1) is 11.4. The molecule has 3 heteroatoms. The Hall–Kier alpha value is -1.12. The lowest BCUT2D eigenvalue weighted by Crippen LogP contribution is -2.26. The molecule has 88 valence electrons. The van der Waals surface area contributed by atoms with Gasteiger partial charge in [0, 0.05) is 23.2 Å². The number of hydrogen-bond acceptors (Lipinski definition) is 3. The van der Waals surface area contributed by atoms with Crippen molar-refractivity contribution < 1.29 is 0 Å². The van der Waals surface area contributed by atoms with Gasteiger partial charge in [-0.05, 0) is 33.6 Å². The van der Waals surface area contributed by atoms with E-state index in [1.165, 1.54) is 31.4 Å². The Kier molecular flexibility index (Phi) is 3.13. The predicted octanol–water partition coefficient (Wildman–Crippen LogP) is 3.34. The maximum Gasteiger partial charge on any atom is 0.130 e. The van der Waals surface area contributed by atoms with Crippen LogP contribution >= 0.6 is 0 Å². The topological polar surface area (TPSA) is 37.8 Å². The minimum atomic E-state index is 0.0568. The van der Waals surface area contributed by atoms with Crippen molar-refractivity contribution in [2.24, 2.45) is 0 Å². The van der Waals surface area contributed by atoms with Crippen LogP contribution in [0.25, 0.3) is 0 Å². The fourth-order valence-corrected chi connectivity index (χ4v) is 2.27. The lowest BCUT2D eigenvalue weighted by Gasteiger charge is -2.21. The van der Waals surface area contributed by atoms with Crippen LogP contribution in [-0.4, -0.2) is 15.5 Å². The standard InChI is InChI=1S/C13H21N3/c1-13(2,3)16-12-8-11(14-9-15-12)10-6-4-5-7-10/h8-10H,4-7H2,1-3H3,(H,14,15,16). The van der Waals surface area contributed by atoms with E-state index in [1.807, 2.05) is 0 Å². The highest BCUT2D eigenvalue weighted by Crippen LogP contribution is 2.33. The van der Waals surface area contributed by atoms with Crippen molar-refractivity contribution in [3.8, 4) is 0 Å². The summed E-state index contributed by atoms with van der Waals surface area (Å²) < 4.78 is 0. The van der Waals surface area contributed by atoms with Gasteiger partial charge in [-0.15, -0.1) is 0 Å². The Morgan fingerprint density at radius 3 is 2.50 bits per heavy atom. The molecule has 16 heavy (non-hydrogen) atoms. The summed E-state index contributed by atoms with van der Waals surface area (Å²) in [6, 6.07) is 2.11. The number of hydrogen-bond donors (Lipinski definition) is 1. The number of anilines is 1. The summed E-state index contributed by atoms with van der Waals surface area (Å²) in [7, 11) is 0. The van der Waals surface area contributed by atoms with Crippen LogP contribution in [0.5, 0.6) is 0 Å². The summed E-state index contributed by atoms with van der Waals surface area (Å²) in [5.74, 6) is 1.60. The molecule has 0 aliphatic heterocycles. The van der Waals surface area contributed by atoms with Crippen molar-refractivity contribution >= 4 is 5.82 Å². The number of nitrogens with zero attached hydrogens (tertiary/aromatic N) is 2.